The van der Waals surface area contributed by atoms with E-state index >= 15 is 0 Å². The molecule has 140 valence electrons. The van der Waals surface area contributed by atoms with Crippen molar-refractivity contribution >= 4 is 35.6 Å². The second kappa shape index (κ2) is 8.97. The zero-order chi connectivity index (χ0) is 19.8. The fraction of sp³-hybridized carbons (Fsp3) is 0.0435. The number of carboxylic acids is 1. The largest absolute Gasteiger partial charge is 0.478 e. The molecule has 0 aliphatic heterocycles. The molecular formula is C23H20O4Si. The number of carbonyl (C=O) groups excluding carboxylic acids is 1. The van der Waals surface area contributed by atoms with Crippen molar-refractivity contribution in [3.8, 4) is 0 Å². The standard InChI is InChI=1S/C23H20O4Si/c24-22(25)16-17-23(26)27-18-28(19-10-4-1-5-11-19,20-12-6-2-7-13-20)21-14-8-3-9-15-21/h1-17H,18H2,(H,24,25)/b17-16-. The van der Waals surface area contributed by atoms with E-state index in [-0.39, 0.29) is 6.23 Å². The molecule has 0 saturated heterocycles. The molecule has 0 aliphatic carbocycles. The van der Waals surface area contributed by atoms with E-state index in [4.69, 9.17) is 9.84 Å². The molecule has 1 N–H and O–H groups in total. The van der Waals surface area contributed by atoms with Gasteiger partial charge in [-0.1, -0.05) is 91.0 Å². The van der Waals surface area contributed by atoms with Crippen molar-refractivity contribution in [2.45, 2.75) is 0 Å². The first-order valence-electron chi connectivity index (χ1n) is 8.87. The Balaban J connectivity index is 2.11. The van der Waals surface area contributed by atoms with Crippen LogP contribution >= 0.6 is 0 Å². The Hall–Kier alpha value is -3.44. The van der Waals surface area contributed by atoms with Crippen LogP contribution in [0.5, 0.6) is 0 Å². The lowest BCUT2D eigenvalue weighted by Crippen LogP contribution is -2.70. The highest BCUT2D eigenvalue weighted by atomic mass is 28.3. The molecule has 0 spiro atoms. The van der Waals surface area contributed by atoms with Gasteiger partial charge in [0.15, 0.2) is 8.07 Å². The second-order valence-electron chi connectivity index (χ2n) is 6.28. The van der Waals surface area contributed by atoms with Crippen molar-refractivity contribution in [1.82, 2.24) is 0 Å². The van der Waals surface area contributed by atoms with E-state index in [1.165, 1.54) is 0 Å². The van der Waals surface area contributed by atoms with Gasteiger partial charge in [-0.15, -0.1) is 0 Å². The summed E-state index contributed by atoms with van der Waals surface area (Å²) >= 11 is 0. The number of carbonyl (C=O) groups is 2. The number of rotatable bonds is 7. The van der Waals surface area contributed by atoms with Crippen LogP contribution in [0.4, 0.5) is 0 Å². The Morgan fingerprint density at radius 1 is 0.714 bits per heavy atom. The number of aliphatic carboxylic acids is 1. The third kappa shape index (κ3) is 4.27. The van der Waals surface area contributed by atoms with Crippen LogP contribution in [-0.4, -0.2) is 31.3 Å². The van der Waals surface area contributed by atoms with E-state index in [1.54, 1.807) is 0 Å². The summed E-state index contributed by atoms with van der Waals surface area (Å²) < 4.78 is 5.59. The van der Waals surface area contributed by atoms with E-state index < -0.39 is 20.0 Å². The first-order valence-corrected chi connectivity index (χ1v) is 11.1. The Morgan fingerprint density at radius 3 is 1.46 bits per heavy atom. The Kier molecular flexibility index (Phi) is 6.19. The lowest BCUT2D eigenvalue weighted by atomic mass is 10.3. The van der Waals surface area contributed by atoms with Crippen LogP contribution in [0.1, 0.15) is 0 Å². The molecule has 0 radical (unpaired) electrons. The molecule has 3 aromatic rings. The predicted molar refractivity (Wildman–Crippen MR) is 112 cm³/mol. The SMILES string of the molecule is O=C(O)/C=C\C(=O)OC[Si](c1ccccc1)(c1ccccc1)c1ccccc1. The summed E-state index contributed by atoms with van der Waals surface area (Å²) in [6, 6.07) is 30.1. The van der Waals surface area contributed by atoms with Crippen LogP contribution in [0, 0.1) is 0 Å². The summed E-state index contributed by atoms with van der Waals surface area (Å²) in [5.74, 6) is -1.85. The zero-order valence-corrected chi connectivity index (χ0v) is 16.2. The summed E-state index contributed by atoms with van der Waals surface area (Å²) in [5, 5.41) is 12.1. The molecule has 3 aromatic carbocycles. The van der Waals surface area contributed by atoms with Crippen LogP contribution in [0.2, 0.25) is 0 Å². The minimum atomic E-state index is -2.67. The highest BCUT2D eigenvalue weighted by Crippen LogP contribution is 2.09. The van der Waals surface area contributed by atoms with Crippen LogP contribution in [-0.2, 0) is 14.3 Å². The highest BCUT2D eigenvalue weighted by molar-refractivity contribution is 7.11. The van der Waals surface area contributed by atoms with Gasteiger partial charge in [0.2, 0.25) is 0 Å². The topological polar surface area (TPSA) is 63.6 Å². The van der Waals surface area contributed by atoms with Gasteiger partial charge < -0.3 is 9.84 Å². The summed E-state index contributed by atoms with van der Waals surface area (Å²) in [6.45, 7) is 0. The molecule has 0 aliphatic rings. The molecule has 0 saturated carbocycles. The molecule has 3 rings (SSSR count). The Labute approximate surface area is 164 Å². The normalized spacial score (nSPS) is 11.3. The maximum Gasteiger partial charge on any atom is 0.330 e. The molecule has 5 heteroatoms. The molecule has 0 aromatic heterocycles. The third-order valence-corrected chi connectivity index (χ3v) is 9.13. The molecule has 0 amide bonds. The lowest BCUT2D eigenvalue weighted by Gasteiger charge is -2.32. The fourth-order valence-corrected chi connectivity index (χ4v) is 7.43. The minimum absolute atomic E-state index is 0.174. The Morgan fingerprint density at radius 2 is 1.11 bits per heavy atom. The van der Waals surface area contributed by atoms with Gasteiger partial charge in [0.1, 0.15) is 0 Å². The van der Waals surface area contributed by atoms with Crippen molar-refractivity contribution < 1.29 is 19.4 Å². The number of hydrogen-bond donors (Lipinski definition) is 1. The van der Waals surface area contributed by atoms with Gasteiger partial charge in [0.25, 0.3) is 0 Å². The van der Waals surface area contributed by atoms with Gasteiger partial charge in [-0.3, -0.25) is 0 Å². The molecule has 0 fully saturated rings. The fourth-order valence-electron chi connectivity index (χ4n) is 3.28. The maximum absolute atomic E-state index is 12.1. The van der Waals surface area contributed by atoms with Crippen molar-refractivity contribution in [1.29, 1.82) is 0 Å². The van der Waals surface area contributed by atoms with Gasteiger partial charge in [-0.05, 0) is 15.6 Å². The van der Waals surface area contributed by atoms with E-state index in [9.17, 15) is 9.59 Å². The average molecular weight is 388 g/mol. The lowest BCUT2D eigenvalue weighted by molar-refractivity contribution is -0.137. The monoisotopic (exact) mass is 388 g/mol. The number of hydrogen-bond acceptors (Lipinski definition) is 3. The molecule has 0 heterocycles. The summed E-state index contributed by atoms with van der Waals surface area (Å²) in [7, 11) is -2.67. The summed E-state index contributed by atoms with van der Waals surface area (Å²) in [6.07, 6.45) is 1.91. The van der Waals surface area contributed by atoms with Gasteiger partial charge in [-0.2, -0.15) is 0 Å². The van der Waals surface area contributed by atoms with Gasteiger partial charge >= 0.3 is 11.9 Å². The molecule has 0 unspecified atom stereocenters. The van der Waals surface area contributed by atoms with Gasteiger partial charge in [-0.25, -0.2) is 9.59 Å². The Bertz CT molecular complexity index is 857. The number of esters is 1. The minimum Gasteiger partial charge on any atom is -0.478 e. The van der Waals surface area contributed by atoms with Crippen LogP contribution < -0.4 is 15.6 Å². The quantitative estimate of drug-likeness (QED) is 0.291. The second-order valence-corrected chi connectivity index (χ2v) is 10.1. The third-order valence-electron chi connectivity index (χ3n) is 4.59. The van der Waals surface area contributed by atoms with E-state index in [2.05, 4.69) is 36.4 Å². The summed E-state index contributed by atoms with van der Waals surface area (Å²) in [4.78, 5) is 22.8. The summed E-state index contributed by atoms with van der Waals surface area (Å²) in [5.41, 5.74) is 0. The average Bonchev–Trinajstić information content (AvgIpc) is 2.75. The molecule has 0 atom stereocenters. The zero-order valence-electron chi connectivity index (χ0n) is 15.2. The van der Waals surface area contributed by atoms with Crippen LogP contribution in [0.15, 0.2) is 103 Å². The smallest absolute Gasteiger partial charge is 0.330 e. The van der Waals surface area contributed by atoms with Gasteiger partial charge in [0, 0.05) is 12.2 Å². The number of benzene rings is 3. The van der Waals surface area contributed by atoms with E-state index in [1.807, 2.05) is 54.6 Å². The molecule has 0 bridgehead atoms. The van der Waals surface area contributed by atoms with Crippen LogP contribution in [0.3, 0.4) is 0 Å². The van der Waals surface area contributed by atoms with Crippen molar-refractivity contribution in [2.24, 2.45) is 0 Å². The highest BCUT2D eigenvalue weighted by Gasteiger charge is 2.40. The van der Waals surface area contributed by atoms with Crippen LogP contribution in [0.25, 0.3) is 0 Å². The van der Waals surface area contributed by atoms with Gasteiger partial charge in [0.05, 0.1) is 6.23 Å². The maximum atomic E-state index is 12.1. The van der Waals surface area contributed by atoms with Crippen molar-refractivity contribution in [3.05, 3.63) is 103 Å². The molecule has 28 heavy (non-hydrogen) atoms. The van der Waals surface area contributed by atoms with E-state index in [0.29, 0.717) is 0 Å². The predicted octanol–water partition coefficient (Wildman–Crippen LogP) is 1.88. The first-order chi connectivity index (χ1) is 13.6. The van der Waals surface area contributed by atoms with Crippen molar-refractivity contribution in [2.75, 3.05) is 6.23 Å². The number of carboxylic acid groups (broad SMARTS) is 1. The van der Waals surface area contributed by atoms with E-state index in [0.717, 1.165) is 27.7 Å². The van der Waals surface area contributed by atoms with Crippen molar-refractivity contribution in [3.63, 3.8) is 0 Å². The molecule has 4 nitrogen and oxygen atoms in total. The first kappa shape index (κ1) is 19.3. The molecular weight excluding hydrogens is 368 g/mol. The number of ether oxygens (including phenoxy) is 1.